The summed E-state index contributed by atoms with van der Waals surface area (Å²) in [5.41, 5.74) is 2.83. The average Bonchev–Trinajstić information content (AvgIpc) is 2.73. The van der Waals surface area contributed by atoms with E-state index < -0.39 is 0 Å². The van der Waals surface area contributed by atoms with Gasteiger partial charge >= 0.3 is 0 Å². The van der Waals surface area contributed by atoms with Crippen LogP contribution in [-0.4, -0.2) is 19.2 Å². The van der Waals surface area contributed by atoms with E-state index in [2.05, 4.69) is 30.4 Å². The molecule has 0 spiro atoms. The van der Waals surface area contributed by atoms with Crippen molar-refractivity contribution < 1.29 is 4.74 Å². The van der Waals surface area contributed by atoms with Gasteiger partial charge in [0.05, 0.1) is 6.61 Å². The Balaban J connectivity index is 1.47. The van der Waals surface area contributed by atoms with Crippen molar-refractivity contribution in [3.8, 4) is 5.75 Å². The second kappa shape index (κ2) is 5.31. The van der Waals surface area contributed by atoms with E-state index in [4.69, 9.17) is 4.74 Å². The zero-order chi connectivity index (χ0) is 12.4. The molecular weight excluding hydrogens is 222 g/mol. The van der Waals surface area contributed by atoms with E-state index in [0.717, 1.165) is 37.7 Å². The molecule has 2 aliphatic rings. The molecule has 1 saturated carbocycles. The summed E-state index contributed by atoms with van der Waals surface area (Å²) in [4.78, 5) is 0. The minimum absolute atomic E-state index is 0.691. The van der Waals surface area contributed by atoms with Crippen molar-refractivity contribution >= 4 is 0 Å². The second-order valence-corrected chi connectivity index (χ2v) is 5.72. The van der Waals surface area contributed by atoms with Crippen LogP contribution in [-0.2, 0) is 12.8 Å². The van der Waals surface area contributed by atoms with Crippen molar-refractivity contribution in [2.45, 2.75) is 45.1 Å². The highest BCUT2D eigenvalue weighted by atomic mass is 16.5. The van der Waals surface area contributed by atoms with Crippen LogP contribution in [0.5, 0.6) is 5.75 Å². The lowest BCUT2D eigenvalue weighted by atomic mass is 9.80. The lowest BCUT2D eigenvalue weighted by molar-refractivity contribution is 0.242. The van der Waals surface area contributed by atoms with Crippen LogP contribution in [0.1, 0.15) is 37.3 Å². The summed E-state index contributed by atoms with van der Waals surface area (Å²) in [6.07, 6.45) is 6.48. The molecule has 0 aromatic heterocycles. The Morgan fingerprint density at radius 2 is 2.28 bits per heavy atom. The van der Waals surface area contributed by atoms with Gasteiger partial charge in [-0.3, -0.25) is 0 Å². The van der Waals surface area contributed by atoms with E-state index in [1.54, 1.807) is 0 Å². The third kappa shape index (κ3) is 2.54. The van der Waals surface area contributed by atoms with Crippen LogP contribution in [0.25, 0.3) is 0 Å². The predicted molar refractivity (Wildman–Crippen MR) is 74.2 cm³/mol. The maximum absolute atomic E-state index is 5.53. The Morgan fingerprint density at radius 3 is 3.06 bits per heavy atom. The topological polar surface area (TPSA) is 21.3 Å². The lowest BCUT2D eigenvalue weighted by Gasteiger charge is -2.32. The molecule has 1 N–H and O–H groups in total. The van der Waals surface area contributed by atoms with Gasteiger partial charge in [-0.25, -0.2) is 0 Å². The molecule has 0 amide bonds. The highest BCUT2D eigenvalue weighted by Gasteiger charge is 2.23. The Kier molecular flexibility index (Phi) is 3.55. The van der Waals surface area contributed by atoms with Crippen LogP contribution in [0.4, 0.5) is 0 Å². The standard InChI is InChI=1S/C16H23NO/c1-12(14-3-2-4-14)17-9-7-13-5-6-16-15(11-13)8-10-18-16/h5-6,11-12,14,17H,2-4,7-10H2,1H3. The van der Waals surface area contributed by atoms with Crippen LogP contribution < -0.4 is 10.1 Å². The van der Waals surface area contributed by atoms with Crippen LogP contribution in [0.2, 0.25) is 0 Å². The summed E-state index contributed by atoms with van der Waals surface area (Å²) in [5, 5.41) is 3.67. The minimum atomic E-state index is 0.691. The first-order valence-electron chi connectivity index (χ1n) is 7.31. The van der Waals surface area contributed by atoms with Gasteiger partial charge in [0.25, 0.3) is 0 Å². The fourth-order valence-corrected chi connectivity index (χ4v) is 2.95. The highest BCUT2D eigenvalue weighted by Crippen LogP contribution is 2.29. The molecule has 1 fully saturated rings. The molecule has 0 bridgehead atoms. The molecule has 3 rings (SSSR count). The number of ether oxygens (including phenoxy) is 1. The van der Waals surface area contributed by atoms with Gasteiger partial charge in [0, 0.05) is 12.5 Å². The average molecular weight is 245 g/mol. The summed E-state index contributed by atoms with van der Waals surface area (Å²) in [5.74, 6) is 2.02. The van der Waals surface area contributed by atoms with Crippen molar-refractivity contribution in [1.82, 2.24) is 5.32 Å². The lowest BCUT2D eigenvalue weighted by Crippen LogP contribution is -2.38. The van der Waals surface area contributed by atoms with Gasteiger partial charge < -0.3 is 10.1 Å². The number of fused-ring (bicyclic) bond motifs is 1. The normalized spacial score (nSPS) is 20.1. The van der Waals surface area contributed by atoms with Crippen LogP contribution in [0, 0.1) is 5.92 Å². The van der Waals surface area contributed by atoms with E-state index in [9.17, 15) is 0 Å². The summed E-state index contributed by atoms with van der Waals surface area (Å²) < 4.78 is 5.53. The fourth-order valence-electron chi connectivity index (χ4n) is 2.95. The Bertz CT molecular complexity index is 412. The molecule has 1 unspecified atom stereocenters. The first kappa shape index (κ1) is 12.0. The largest absolute Gasteiger partial charge is 0.493 e. The van der Waals surface area contributed by atoms with Crippen LogP contribution in [0.15, 0.2) is 18.2 Å². The number of benzene rings is 1. The third-order valence-electron chi connectivity index (χ3n) is 4.49. The first-order valence-corrected chi connectivity index (χ1v) is 7.31. The summed E-state index contributed by atoms with van der Waals surface area (Å²) in [6, 6.07) is 7.35. The molecule has 2 nitrogen and oxygen atoms in total. The maximum atomic E-state index is 5.53. The molecule has 0 radical (unpaired) electrons. The van der Waals surface area contributed by atoms with E-state index in [0.29, 0.717) is 6.04 Å². The van der Waals surface area contributed by atoms with Crippen LogP contribution in [0.3, 0.4) is 0 Å². The SMILES string of the molecule is CC(NCCc1ccc2c(c1)CCO2)C1CCC1. The highest BCUT2D eigenvalue weighted by molar-refractivity contribution is 5.39. The molecule has 0 saturated heterocycles. The van der Waals surface area contributed by atoms with Crippen molar-refractivity contribution in [3.63, 3.8) is 0 Å². The van der Waals surface area contributed by atoms with Crippen LogP contribution >= 0.6 is 0 Å². The fraction of sp³-hybridized carbons (Fsp3) is 0.625. The molecule has 1 heterocycles. The Labute approximate surface area is 110 Å². The van der Waals surface area contributed by atoms with Gasteiger partial charge in [-0.1, -0.05) is 18.6 Å². The number of hydrogen-bond acceptors (Lipinski definition) is 2. The summed E-state index contributed by atoms with van der Waals surface area (Å²) >= 11 is 0. The monoisotopic (exact) mass is 245 g/mol. The maximum Gasteiger partial charge on any atom is 0.122 e. The molecule has 1 atom stereocenters. The van der Waals surface area contributed by atoms with E-state index in [-0.39, 0.29) is 0 Å². The molecule has 2 heteroatoms. The molecule has 18 heavy (non-hydrogen) atoms. The van der Waals surface area contributed by atoms with E-state index in [1.807, 2.05) is 0 Å². The minimum Gasteiger partial charge on any atom is -0.493 e. The Morgan fingerprint density at radius 1 is 1.39 bits per heavy atom. The zero-order valence-corrected chi connectivity index (χ0v) is 11.2. The molecular formula is C16H23NO. The van der Waals surface area contributed by atoms with Crippen molar-refractivity contribution in [3.05, 3.63) is 29.3 Å². The summed E-state index contributed by atoms with van der Waals surface area (Å²) in [6.45, 7) is 4.29. The number of hydrogen-bond donors (Lipinski definition) is 1. The van der Waals surface area contributed by atoms with Gasteiger partial charge in [-0.2, -0.15) is 0 Å². The van der Waals surface area contributed by atoms with Gasteiger partial charge in [0.1, 0.15) is 5.75 Å². The first-order chi connectivity index (χ1) is 8.83. The van der Waals surface area contributed by atoms with Crippen molar-refractivity contribution in [1.29, 1.82) is 0 Å². The Hall–Kier alpha value is -1.02. The van der Waals surface area contributed by atoms with Gasteiger partial charge in [-0.15, -0.1) is 0 Å². The van der Waals surface area contributed by atoms with Gasteiger partial charge in [0.15, 0.2) is 0 Å². The summed E-state index contributed by atoms with van der Waals surface area (Å²) in [7, 11) is 0. The third-order valence-corrected chi connectivity index (χ3v) is 4.49. The van der Waals surface area contributed by atoms with Crippen molar-refractivity contribution in [2.24, 2.45) is 5.92 Å². The molecule has 1 aromatic rings. The second-order valence-electron chi connectivity index (χ2n) is 5.72. The molecule has 1 aromatic carbocycles. The molecule has 98 valence electrons. The predicted octanol–water partition coefficient (Wildman–Crippen LogP) is 2.94. The van der Waals surface area contributed by atoms with E-state index >= 15 is 0 Å². The van der Waals surface area contributed by atoms with Gasteiger partial charge in [-0.05, 0) is 55.8 Å². The zero-order valence-electron chi connectivity index (χ0n) is 11.2. The smallest absolute Gasteiger partial charge is 0.122 e. The molecule has 1 aliphatic carbocycles. The van der Waals surface area contributed by atoms with E-state index in [1.165, 1.54) is 30.4 Å². The number of nitrogens with one attached hydrogen (secondary N) is 1. The quantitative estimate of drug-likeness (QED) is 0.861. The number of rotatable bonds is 5. The molecule has 1 aliphatic heterocycles. The van der Waals surface area contributed by atoms with Gasteiger partial charge in [0.2, 0.25) is 0 Å². The van der Waals surface area contributed by atoms with Crippen molar-refractivity contribution in [2.75, 3.05) is 13.2 Å².